The van der Waals surface area contributed by atoms with Crippen LogP contribution in [0.25, 0.3) is 0 Å². The number of nitrogens with two attached hydrogens (primary N) is 2. The highest BCUT2D eigenvalue weighted by atomic mass is 16.4. The van der Waals surface area contributed by atoms with E-state index in [1.54, 1.807) is 13.1 Å². The largest absolute Gasteiger partial charge is 0.480 e. The number of rotatable bonds is 17. The summed E-state index contributed by atoms with van der Waals surface area (Å²) in [6.07, 6.45) is 5.77. The first-order valence-corrected chi connectivity index (χ1v) is 12.6. The van der Waals surface area contributed by atoms with E-state index in [2.05, 4.69) is 25.9 Å². The van der Waals surface area contributed by atoms with Crippen molar-refractivity contribution in [3.8, 4) is 0 Å². The highest BCUT2D eigenvalue weighted by Gasteiger charge is 2.33. The van der Waals surface area contributed by atoms with Gasteiger partial charge < -0.3 is 37.5 Å². The van der Waals surface area contributed by atoms with Gasteiger partial charge >= 0.3 is 5.97 Å². The van der Waals surface area contributed by atoms with Crippen molar-refractivity contribution in [3.63, 3.8) is 0 Å². The molecule has 1 heterocycles. The quantitative estimate of drug-likeness (QED) is 0.142. The van der Waals surface area contributed by atoms with Gasteiger partial charge in [-0.15, -0.1) is 0 Å². The molecule has 0 aliphatic carbocycles. The first kappa shape index (κ1) is 31.0. The molecule has 0 saturated carbocycles. The van der Waals surface area contributed by atoms with E-state index in [1.165, 1.54) is 6.33 Å². The number of aromatic amines is 1. The summed E-state index contributed by atoms with van der Waals surface area (Å²) < 4.78 is 0. The summed E-state index contributed by atoms with van der Waals surface area (Å²) in [5.41, 5.74) is 12.1. The van der Waals surface area contributed by atoms with E-state index in [0.717, 1.165) is 0 Å². The third-order valence-corrected chi connectivity index (χ3v) is 6.53. The maximum Gasteiger partial charge on any atom is 0.326 e. The molecule has 6 atom stereocenters. The van der Waals surface area contributed by atoms with E-state index >= 15 is 0 Å². The zero-order chi connectivity index (χ0) is 27.3. The van der Waals surface area contributed by atoms with Gasteiger partial charge in [-0.25, -0.2) is 9.78 Å². The normalized spacial score (nSPS) is 16.2. The molecule has 1 rings (SSSR count). The van der Waals surface area contributed by atoms with Gasteiger partial charge in [-0.1, -0.05) is 40.5 Å². The van der Waals surface area contributed by atoms with Gasteiger partial charge in [0.2, 0.25) is 17.7 Å². The lowest BCUT2D eigenvalue weighted by Gasteiger charge is -2.28. The minimum Gasteiger partial charge on any atom is -0.480 e. The molecule has 9 N–H and O–H groups in total. The van der Waals surface area contributed by atoms with Crippen molar-refractivity contribution in [2.75, 3.05) is 6.54 Å². The molecule has 0 radical (unpaired) electrons. The molecule has 0 saturated heterocycles. The number of unbranched alkanes of at least 4 members (excludes halogenated alkanes) is 1. The molecular weight excluding hydrogens is 466 g/mol. The fourth-order valence-corrected chi connectivity index (χ4v) is 3.57. The standard InChI is InChI=1S/C24H43N7O5/c1-5-14(3)19(26)22(33)30-18(11-16-12-27-13-28-16)21(32)31-20(15(4)6-2)23(34)29-17(24(35)36)9-7-8-10-25/h12-15,17-20H,5-11,25-26H2,1-4H3,(H,27,28)(H,29,34)(H,30,33)(H,31,32)(H,35,36). The fourth-order valence-electron chi connectivity index (χ4n) is 3.57. The van der Waals surface area contributed by atoms with E-state index in [-0.39, 0.29) is 24.7 Å². The molecule has 0 spiro atoms. The van der Waals surface area contributed by atoms with Crippen LogP contribution in [0.5, 0.6) is 0 Å². The fraction of sp³-hybridized carbons (Fsp3) is 0.708. The van der Waals surface area contributed by atoms with Crippen LogP contribution in [0.3, 0.4) is 0 Å². The van der Waals surface area contributed by atoms with Gasteiger partial charge in [-0.05, 0) is 37.6 Å². The van der Waals surface area contributed by atoms with Crippen molar-refractivity contribution in [3.05, 3.63) is 18.2 Å². The monoisotopic (exact) mass is 509 g/mol. The van der Waals surface area contributed by atoms with Crippen LogP contribution >= 0.6 is 0 Å². The Bertz CT molecular complexity index is 833. The van der Waals surface area contributed by atoms with E-state index < -0.39 is 47.9 Å². The highest BCUT2D eigenvalue weighted by molar-refractivity contribution is 5.94. The number of aliphatic carboxylic acids is 1. The van der Waals surface area contributed by atoms with Crippen molar-refractivity contribution < 1.29 is 24.3 Å². The number of carbonyl (C=O) groups excluding carboxylic acids is 3. The Kier molecular flexibility index (Phi) is 13.7. The Balaban J connectivity index is 3.06. The summed E-state index contributed by atoms with van der Waals surface area (Å²) in [6, 6.07) is -3.91. The van der Waals surface area contributed by atoms with E-state index in [0.29, 0.717) is 37.9 Å². The molecule has 12 heteroatoms. The maximum absolute atomic E-state index is 13.3. The first-order valence-electron chi connectivity index (χ1n) is 12.6. The second kappa shape index (κ2) is 15.9. The maximum atomic E-state index is 13.3. The van der Waals surface area contributed by atoms with Crippen molar-refractivity contribution in [1.29, 1.82) is 0 Å². The molecule has 1 aromatic rings. The number of imidazole rings is 1. The number of aromatic nitrogens is 2. The van der Waals surface area contributed by atoms with Gasteiger partial charge in [0.15, 0.2) is 0 Å². The van der Waals surface area contributed by atoms with Gasteiger partial charge in [0.25, 0.3) is 0 Å². The second-order valence-corrected chi connectivity index (χ2v) is 9.31. The van der Waals surface area contributed by atoms with Gasteiger partial charge in [0, 0.05) is 18.3 Å². The van der Waals surface area contributed by atoms with Crippen molar-refractivity contribution in [2.45, 2.75) is 90.4 Å². The molecule has 0 fully saturated rings. The molecule has 0 aromatic carbocycles. The van der Waals surface area contributed by atoms with Gasteiger partial charge in [-0.3, -0.25) is 14.4 Å². The molecule has 36 heavy (non-hydrogen) atoms. The lowest BCUT2D eigenvalue weighted by molar-refractivity contribution is -0.143. The zero-order valence-electron chi connectivity index (χ0n) is 21.8. The molecule has 0 aliphatic rings. The summed E-state index contributed by atoms with van der Waals surface area (Å²) in [5, 5.41) is 17.5. The third-order valence-electron chi connectivity index (χ3n) is 6.53. The molecular formula is C24H43N7O5. The summed E-state index contributed by atoms with van der Waals surface area (Å²) in [5.74, 6) is -3.19. The topological polar surface area (TPSA) is 205 Å². The number of nitrogens with one attached hydrogen (secondary N) is 4. The predicted octanol–water partition coefficient (Wildman–Crippen LogP) is 0.0397. The minimum atomic E-state index is -1.15. The molecule has 12 nitrogen and oxygen atoms in total. The SMILES string of the molecule is CCC(C)C(N)C(=O)NC(Cc1cnc[nH]1)C(=O)NC(C(=O)NC(CCCCN)C(=O)O)C(C)CC. The molecule has 3 amide bonds. The number of H-pyrrole nitrogens is 1. The van der Waals surface area contributed by atoms with Crippen LogP contribution in [0.4, 0.5) is 0 Å². The Hall–Kier alpha value is -2.99. The Labute approximate surface area is 212 Å². The summed E-state index contributed by atoms with van der Waals surface area (Å²) >= 11 is 0. The predicted molar refractivity (Wildman–Crippen MR) is 136 cm³/mol. The molecule has 0 bridgehead atoms. The van der Waals surface area contributed by atoms with Crippen LogP contribution in [0, 0.1) is 11.8 Å². The Morgan fingerprint density at radius 2 is 1.61 bits per heavy atom. The van der Waals surface area contributed by atoms with Gasteiger partial charge in [-0.2, -0.15) is 0 Å². The van der Waals surface area contributed by atoms with Gasteiger partial charge in [0.05, 0.1) is 12.4 Å². The average molecular weight is 510 g/mol. The molecule has 204 valence electrons. The van der Waals surface area contributed by atoms with Crippen LogP contribution in [0.1, 0.15) is 65.5 Å². The lowest BCUT2D eigenvalue weighted by Crippen LogP contribution is -2.59. The smallest absolute Gasteiger partial charge is 0.326 e. The first-order chi connectivity index (χ1) is 17.0. The number of hydrogen-bond acceptors (Lipinski definition) is 7. The van der Waals surface area contributed by atoms with E-state index in [9.17, 15) is 24.3 Å². The van der Waals surface area contributed by atoms with Crippen LogP contribution in [-0.2, 0) is 25.6 Å². The van der Waals surface area contributed by atoms with Crippen LogP contribution in [0.15, 0.2) is 12.5 Å². The number of carbonyl (C=O) groups is 4. The summed E-state index contributed by atoms with van der Waals surface area (Å²) in [6.45, 7) is 7.85. The minimum absolute atomic E-state index is 0.0910. The molecule has 6 unspecified atom stereocenters. The van der Waals surface area contributed by atoms with Crippen molar-refractivity contribution in [1.82, 2.24) is 25.9 Å². The zero-order valence-corrected chi connectivity index (χ0v) is 21.8. The number of carboxylic acid groups (broad SMARTS) is 1. The van der Waals surface area contributed by atoms with E-state index in [4.69, 9.17) is 11.5 Å². The Morgan fingerprint density at radius 3 is 2.14 bits per heavy atom. The average Bonchev–Trinajstić information content (AvgIpc) is 3.37. The van der Waals surface area contributed by atoms with Crippen molar-refractivity contribution in [2.24, 2.45) is 23.3 Å². The van der Waals surface area contributed by atoms with Crippen molar-refractivity contribution >= 4 is 23.7 Å². The summed E-state index contributed by atoms with van der Waals surface area (Å²) in [7, 11) is 0. The summed E-state index contributed by atoms with van der Waals surface area (Å²) in [4.78, 5) is 57.7. The number of carboxylic acids is 1. The number of amides is 3. The Morgan fingerprint density at radius 1 is 0.972 bits per heavy atom. The van der Waals surface area contributed by atoms with Crippen LogP contribution < -0.4 is 27.4 Å². The number of hydrogen-bond donors (Lipinski definition) is 7. The molecule has 1 aromatic heterocycles. The van der Waals surface area contributed by atoms with Crippen LogP contribution in [-0.4, -0.2) is 69.5 Å². The number of nitrogens with zero attached hydrogens (tertiary/aromatic N) is 1. The third kappa shape index (κ3) is 9.94. The lowest BCUT2D eigenvalue weighted by atomic mass is 9.96. The molecule has 0 aliphatic heterocycles. The van der Waals surface area contributed by atoms with Gasteiger partial charge in [0.1, 0.15) is 18.1 Å². The van der Waals surface area contributed by atoms with E-state index in [1.807, 2.05) is 20.8 Å². The highest BCUT2D eigenvalue weighted by Crippen LogP contribution is 2.12. The second-order valence-electron chi connectivity index (χ2n) is 9.31. The van der Waals surface area contributed by atoms with Crippen LogP contribution in [0.2, 0.25) is 0 Å².